The minimum absolute atomic E-state index is 0.142. The quantitative estimate of drug-likeness (QED) is 0.315. The smallest absolute Gasteiger partial charge is 0.130 e. The topological polar surface area (TPSA) is 18.5 Å². The SMILES string of the molecule is CC(C)Oc1cccc(OC(C)C)c1C1=CC=CCC1(PC1CCCCC1)PC1CCCCC1. The molecule has 2 fully saturated rings. The van der Waals surface area contributed by atoms with Crippen LogP contribution in [0.4, 0.5) is 0 Å². The van der Waals surface area contributed by atoms with E-state index < -0.39 is 0 Å². The molecule has 188 valence electrons. The van der Waals surface area contributed by atoms with Crippen LogP contribution in [0.3, 0.4) is 0 Å². The van der Waals surface area contributed by atoms with E-state index in [4.69, 9.17) is 9.47 Å². The fourth-order valence-electron chi connectivity index (χ4n) is 5.94. The molecule has 0 bridgehead atoms. The molecule has 0 N–H and O–H groups in total. The van der Waals surface area contributed by atoms with Crippen molar-refractivity contribution in [2.24, 2.45) is 0 Å². The first kappa shape index (κ1) is 26.2. The second-order valence-electron chi connectivity index (χ2n) is 11.0. The summed E-state index contributed by atoms with van der Waals surface area (Å²) in [5, 5.41) is 0. The predicted octanol–water partition coefficient (Wildman–Crippen LogP) is 9.32. The first-order valence-corrected chi connectivity index (χ1v) is 16.0. The van der Waals surface area contributed by atoms with Gasteiger partial charge in [0.15, 0.2) is 0 Å². The number of rotatable bonds is 9. The van der Waals surface area contributed by atoms with Crippen molar-refractivity contribution in [2.45, 2.75) is 127 Å². The van der Waals surface area contributed by atoms with Crippen LogP contribution >= 0.6 is 17.2 Å². The van der Waals surface area contributed by atoms with Crippen molar-refractivity contribution in [2.75, 3.05) is 0 Å². The summed E-state index contributed by atoms with van der Waals surface area (Å²) < 4.78 is 12.9. The van der Waals surface area contributed by atoms with Crippen LogP contribution in [-0.4, -0.2) is 28.4 Å². The van der Waals surface area contributed by atoms with Crippen molar-refractivity contribution < 1.29 is 9.47 Å². The van der Waals surface area contributed by atoms with Crippen LogP contribution in [0, 0.1) is 0 Å². The van der Waals surface area contributed by atoms with E-state index in [1.165, 1.54) is 81.8 Å². The molecule has 0 radical (unpaired) electrons. The van der Waals surface area contributed by atoms with E-state index in [2.05, 4.69) is 64.1 Å². The second kappa shape index (κ2) is 12.4. The van der Waals surface area contributed by atoms with Crippen molar-refractivity contribution in [3.63, 3.8) is 0 Å². The van der Waals surface area contributed by atoms with E-state index in [-0.39, 0.29) is 17.1 Å². The molecule has 3 aliphatic carbocycles. The third-order valence-corrected chi connectivity index (χ3v) is 12.1. The van der Waals surface area contributed by atoms with Gasteiger partial charge in [-0.2, -0.15) is 0 Å². The van der Waals surface area contributed by atoms with Gasteiger partial charge in [-0.15, -0.1) is 17.2 Å². The van der Waals surface area contributed by atoms with Gasteiger partial charge in [0.05, 0.1) is 17.8 Å². The Kier molecular flexibility index (Phi) is 9.57. The van der Waals surface area contributed by atoms with E-state index in [1.54, 1.807) is 0 Å². The van der Waals surface area contributed by atoms with Crippen LogP contribution in [0.2, 0.25) is 0 Å². The zero-order valence-corrected chi connectivity index (χ0v) is 23.9. The maximum atomic E-state index is 6.46. The van der Waals surface area contributed by atoms with Gasteiger partial charge in [0.2, 0.25) is 0 Å². The summed E-state index contributed by atoms with van der Waals surface area (Å²) in [6, 6.07) is 6.44. The summed E-state index contributed by atoms with van der Waals surface area (Å²) in [7, 11) is 1.99. The van der Waals surface area contributed by atoms with E-state index >= 15 is 0 Å². The molecule has 0 aliphatic heterocycles. The Balaban J connectivity index is 1.78. The molecule has 1 aromatic carbocycles. The van der Waals surface area contributed by atoms with Crippen LogP contribution in [0.25, 0.3) is 5.57 Å². The third kappa shape index (κ3) is 6.68. The van der Waals surface area contributed by atoms with Crippen LogP contribution < -0.4 is 9.47 Å². The molecule has 0 saturated heterocycles. The molecule has 2 nitrogen and oxygen atoms in total. The molecular formula is C30H46O2P2. The fraction of sp³-hybridized carbons (Fsp3) is 0.667. The monoisotopic (exact) mass is 500 g/mol. The summed E-state index contributed by atoms with van der Waals surface area (Å²) in [6.07, 6.45) is 22.9. The Hall–Kier alpha value is -0.840. The lowest BCUT2D eigenvalue weighted by atomic mass is 9.94. The van der Waals surface area contributed by atoms with Gasteiger partial charge in [-0.3, -0.25) is 0 Å². The van der Waals surface area contributed by atoms with Crippen molar-refractivity contribution >= 4 is 22.7 Å². The highest BCUT2D eigenvalue weighted by Gasteiger charge is 2.42. The lowest BCUT2D eigenvalue weighted by Crippen LogP contribution is -2.28. The number of ether oxygens (including phenoxy) is 2. The number of allylic oxidation sites excluding steroid dienone is 4. The lowest BCUT2D eigenvalue weighted by molar-refractivity contribution is 0.227. The molecular weight excluding hydrogens is 454 g/mol. The predicted molar refractivity (Wildman–Crippen MR) is 153 cm³/mol. The number of hydrogen-bond acceptors (Lipinski definition) is 2. The maximum Gasteiger partial charge on any atom is 0.130 e. The van der Waals surface area contributed by atoms with Gasteiger partial charge in [0, 0.05) is 4.90 Å². The summed E-state index contributed by atoms with van der Waals surface area (Å²) >= 11 is 0. The molecule has 2 atom stereocenters. The van der Waals surface area contributed by atoms with E-state index in [0.29, 0.717) is 0 Å². The van der Waals surface area contributed by atoms with Crippen molar-refractivity contribution in [1.29, 1.82) is 0 Å². The average Bonchev–Trinajstić information content (AvgIpc) is 2.81. The van der Waals surface area contributed by atoms with Crippen LogP contribution in [0.5, 0.6) is 11.5 Å². The zero-order chi connectivity index (χ0) is 24.0. The first-order valence-electron chi connectivity index (χ1n) is 13.9. The molecule has 1 aromatic rings. The van der Waals surface area contributed by atoms with Crippen LogP contribution in [-0.2, 0) is 0 Å². The molecule has 4 rings (SSSR count). The largest absolute Gasteiger partial charge is 0.490 e. The minimum atomic E-state index is 0.142. The molecule has 2 unspecified atom stereocenters. The lowest BCUT2D eigenvalue weighted by Gasteiger charge is -2.44. The molecule has 0 aromatic heterocycles. The summed E-state index contributed by atoms with van der Waals surface area (Å²) in [4.78, 5) is 0.240. The minimum Gasteiger partial charge on any atom is -0.490 e. The number of benzene rings is 1. The summed E-state index contributed by atoms with van der Waals surface area (Å²) in [6.45, 7) is 8.54. The average molecular weight is 501 g/mol. The standard InChI is InChI=1S/C30H46O2P2/c1-22(2)31-27-19-13-20-28(32-23(3)4)29(27)26-18-11-12-21-30(26,33-24-14-7-5-8-15-24)34-25-16-9-6-10-17-25/h11-13,18-20,22-25,33-34H,5-10,14-17,21H2,1-4H3. The molecule has 0 amide bonds. The Labute approximate surface area is 212 Å². The van der Waals surface area contributed by atoms with Crippen molar-refractivity contribution in [1.82, 2.24) is 0 Å². The number of hydrogen-bond donors (Lipinski definition) is 0. The van der Waals surface area contributed by atoms with E-state index in [0.717, 1.165) is 40.0 Å². The van der Waals surface area contributed by atoms with Gasteiger partial charge >= 0.3 is 0 Å². The van der Waals surface area contributed by atoms with Crippen molar-refractivity contribution in [3.05, 3.63) is 42.0 Å². The summed E-state index contributed by atoms with van der Waals surface area (Å²) in [5.41, 5.74) is 4.51. The van der Waals surface area contributed by atoms with Gasteiger partial charge in [-0.1, -0.05) is 62.8 Å². The highest BCUT2D eigenvalue weighted by molar-refractivity contribution is 7.61. The third-order valence-electron chi connectivity index (χ3n) is 7.38. The zero-order valence-electron chi connectivity index (χ0n) is 21.9. The van der Waals surface area contributed by atoms with Crippen LogP contribution in [0.1, 0.15) is 104 Å². The van der Waals surface area contributed by atoms with Gasteiger partial charge in [-0.05, 0) is 88.8 Å². The van der Waals surface area contributed by atoms with Gasteiger partial charge in [-0.25, -0.2) is 0 Å². The molecule has 0 heterocycles. The Morgan fingerprint density at radius 1 is 0.765 bits per heavy atom. The normalized spacial score (nSPS) is 25.2. The fourth-order valence-corrected chi connectivity index (χ4v) is 11.5. The molecule has 0 spiro atoms. The van der Waals surface area contributed by atoms with E-state index in [1.807, 2.05) is 0 Å². The van der Waals surface area contributed by atoms with Crippen LogP contribution in [0.15, 0.2) is 36.4 Å². The highest BCUT2D eigenvalue weighted by Crippen LogP contribution is 2.65. The van der Waals surface area contributed by atoms with Gasteiger partial charge in [0.25, 0.3) is 0 Å². The second-order valence-corrected chi connectivity index (χ2v) is 15.5. The Morgan fingerprint density at radius 2 is 1.26 bits per heavy atom. The highest BCUT2D eigenvalue weighted by atomic mass is 31.1. The Bertz CT molecular complexity index is 797. The molecule has 3 aliphatic rings. The first-order chi connectivity index (χ1) is 16.5. The van der Waals surface area contributed by atoms with Gasteiger partial charge < -0.3 is 9.47 Å². The molecule has 34 heavy (non-hydrogen) atoms. The van der Waals surface area contributed by atoms with Gasteiger partial charge in [0.1, 0.15) is 11.5 Å². The molecule has 4 heteroatoms. The van der Waals surface area contributed by atoms with Crippen molar-refractivity contribution in [3.8, 4) is 11.5 Å². The van der Waals surface area contributed by atoms with E-state index in [9.17, 15) is 0 Å². The maximum absolute atomic E-state index is 6.46. The molecule has 2 saturated carbocycles. The Morgan fingerprint density at radius 3 is 1.74 bits per heavy atom. The summed E-state index contributed by atoms with van der Waals surface area (Å²) in [5.74, 6) is 2.00.